The van der Waals surface area contributed by atoms with Crippen molar-refractivity contribution in [3.63, 3.8) is 0 Å². The van der Waals surface area contributed by atoms with Crippen LogP contribution in [-0.2, 0) is 17.3 Å². The first-order valence-corrected chi connectivity index (χ1v) is 6.67. The van der Waals surface area contributed by atoms with Gasteiger partial charge in [0.1, 0.15) is 11.0 Å². The van der Waals surface area contributed by atoms with Crippen molar-refractivity contribution in [1.82, 2.24) is 19.3 Å². The van der Waals surface area contributed by atoms with Gasteiger partial charge < -0.3 is 14.6 Å². The molecule has 0 unspecified atom stereocenters. The number of nitrogens with zero attached hydrogens (tertiary/aromatic N) is 4. The molecule has 0 atom stereocenters. The van der Waals surface area contributed by atoms with Crippen molar-refractivity contribution in [2.24, 2.45) is 7.05 Å². The Morgan fingerprint density at radius 2 is 2.10 bits per heavy atom. The molecule has 1 N–H and O–H groups in total. The van der Waals surface area contributed by atoms with Crippen LogP contribution in [0.15, 0.2) is 11.0 Å². The normalized spacial score (nSPS) is 16.4. The standard InChI is InChI=1S/C13H19N5O2/c1-13(2,3)18-11(19)10-9(5-14-18)16-12(17(10)4)15-8-6-20-7-8/h5,8H,6-7H2,1-4H3,(H,15,16). The zero-order valence-corrected chi connectivity index (χ0v) is 12.2. The Balaban J connectivity index is 2.12. The zero-order chi connectivity index (χ0) is 14.5. The smallest absolute Gasteiger partial charge is 0.293 e. The number of aromatic nitrogens is 4. The summed E-state index contributed by atoms with van der Waals surface area (Å²) in [7, 11) is 1.84. The van der Waals surface area contributed by atoms with Gasteiger partial charge in [-0.25, -0.2) is 9.67 Å². The molecule has 0 radical (unpaired) electrons. The molecule has 0 bridgehead atoms. The van der Waals surface area contributed by atoms with Gasteiger partial charge in [0.05, 0.1) is 31.0 Å². The van der Waals surface area contributed by atoms with Crippen LogP contribution in [0.2, 0.25) is 0 Å². The highest BCUT2D eigenvalue weighted by atomic mass is 16.5. The molecule has 1 saturated heterocycles. The highest BCUT2D eigenvalue weighted by Gasteiger charge is 2.23. The maximum absolute atomic E-state index is 12.6. The van der Waals surface area contributed by atoms with Crippen molar-refractivity contribution in [2.75, 3.05) is 18.5 Å². The van der Waals surface area contributed by atoms with Crippen molar-refractivity contribution in [3.8, 4) is 0 Å². The summed E-state index contributed by atoms with van der Waals surface area (Å²) < 4.78 is 8.42. The minimum atomic E-state index is -0.356. The summed E-state index contributed by atoms with van der Waals surface area (Å²) in [6.07, 6.45) is 1.64. The van der Waals surface area contributed by atoms with E-state index in [1.165, 1.54) is 4.68 Å². The van der Waals surface area contributed by atoms with Crippen LogP contribution in [0.5, 0.6) is 0 Å². The fraction of sp³-hybridized carbons (Fsp3) is 0.615. The summed E-state index contributed by atoms with van der Waals surface area (Å²) in [5, 5.41) is 7.49. The molecule has 0 saturated carbocycles. The Hall–Kier alpha value is -1.89. The molecular formula is C13H19N5O2. The highest BCUT2D eigenvalue weighted by molar-refractivity contribution is 5.76. The Labute approximate surface area is 116 Å². The first-order chi connectivity index (χ1) is 9.38. The van der Waals surface area contributed by atoms with Gasteiger partial charge in [0, 0.05) is 7.05 Å². The van der Waals surface area contributed by atoms with E-state index in [4.69, 9.17) is 4.74 Å². The van der Waals surface area contributed by atoms with E-state index in [1.54, 1.807) is 10.8 Å². The van der Waals surface area contributed by atoms with E-state index in [1.807, 2.05) is 27.8 Å². The zero-order valence-electron chi connectivity index (χ0n) is 12.2. The number of hydrogen-bond donors (Lipinski definition) is 1. The molecular weight excluding hydrogens is 258 g/mol. The second-order valence-electron chi connectivity index (χ2n) is 6.14. The molecule has 3 heterocycles. The SMILES string of the molecule is Cn1c(NC2COC2)nc2cnn(C(C)(C)C)c(=O)c21. The quantitative estimate of drug-likeness (QED) is 0.874. The molecule has 1 aliphatic heterocycles. The fourth-order valence-electron chi connectivity index (χ4n) is 2.24. The Bertz CT molecular complexity index is 706. The van der Waals surface area contributed by atoms with Crippen LogP contribution in [0.1, 0.15) is 20.8 Å². The molecule has 3 rings (SSSR count). The van der Waals surface area contributed by atoms with E-state index in [0.29, 0.717) is 30.2 Å². The van der Waals surface area contributed by atoms with Crippen molar-refractivity contribution in [2.45, 2.75) is 32.4 Å². The Morgan fingerprint density at radius 3 is 2.65 bits per heavy atom. The van der Waals surface area contributed by atoms with Gasteiger partial charge in [-0.2, -0.15) is 5.10 Å². The number of rotatable bonds is 2. The lowest BCUT2D eigenvalue weighted by atomic mass is 10.1. The molecule has 108 valence electrons. The molecule has 1 fully saturated rings. The number of imidazole rings is 1. The van der Waals surface area contributed by atoms with Crippen LogP contribution < -0.4 is 10.9 Å². The van der Waals surface area contributed by atoms with Crippen LogP contribution in [0.4, 0.5) is 5.95 Å². The van der Waals surface area contributed by atoms with Crippen LogP contribution in [0.25, 0.3) is 11.0 Å². The molecule has 0 spiro atoms. The van der Waals surface area contributed by atoms with Gasteiger partial charge in [0.2, 0.25) is 5.95 Å². The molecule has 20 heavy (non-hydrogen) atoms. The fourth-order valence-corrected chi connectivity index (χ4v) is 2.24. The molecule has 0 aromatic carbocycles. The summed E-state index contributed by atoms with van der Waals surface area (Å²) in [6, 6.07) is 0.267. The van der Waals surface area contributed by atoms with Crippen LogP contribution in [-0.4, -0.2) is 38.6 Å². The predicted molar refractivity (Wildman–Crippen MR) is 76.0 cm³/mol. The molecule has 1 aliphatic rings. The third-order valence-electron chi connectivity index (χ3n) is 3.42. The van der Waals surface area contributed by atoms with E-state index in [0.717, 1.165) is 0 Å². The molecule has 7 heteroatoms. The van der Waals surface area contributed by atoms with Gasteiger partial charge in [-0.3, -0.25) is 4.79 Å². The van der Waals surface area contributed by atoms with Crippen molar-refractivity contribution in [3.05, 3.63) is 16.6 Å². The van der Waals surface area contributed by atoms with Crippen molar-refractivity contribution < 1.29 is 4.74 Å². The molecule has 0 amide bonds. The predicted octanol–water partition coefficient (Wildman–Crippen LogP) is 0.696. The molecule has 7 nitrogen and oxygen atoms in total. The summed E-state index contributed by atoms with van der Waals surface area (Å²) in [5.74, 6) is 0.679. The van der Waals surface area contributed by atoms with Gasteiger partial charge in [0.25, 0.3) is 5.56 Å². The lowest BCUT2D eigenvalue weighted by Crippen LogP contribution is -2.41. The minimum absolute atomic E-state index is 0.122. The second-order valence-corrected chi connectivity index (χ2v) is 6.14. The van der Waals surface area contributed by atoms with E-state index in [9.17, 15) is 4.79 Å². The monoisotopic (exact) mass is 277 g/mol. The third-order valence-corrected chi connectivity index (χ3v) is 3.42. The van der Waals surface area contributed by atoms with E-state index < -0.39 is 0 Å². The van der Waals surface area contributed by atoms with Gasteiger partial charge in [-0.15, -0.1) is 0 Å². The first kappa shape index (κ1) is 13.1. The number of fused-ring (bicyclic) bond motifs is 1. The molecule has 2 aromatic rings. The van der Waals surface area contributed by atoms with Gasteiger partial charge in [-0.05, 0) is 20.8 Å². The lowest BCUT2D eigenvalue weighted by molar-refractivity contribution is 0.0207. The Kier molecular flexibility index (Phi) is 2.82. The third kappa shape index (κ3) is 1.98. The lowest BCUT2D eigenvalue weighted by Gasteiger charge is -2.27. The minimum Gasteiger partial charge on any atom is -0.377 e. The summed E-state index contributed by atoms with van der Waals surface area (Å²) >= 11 is 0. The van der Waals surface area contributed by atoms with Crippen LogP contribution in [0, 0.1) is 0 Å². The number of anilines is 1. The van der Waals surface area contributed by atoms with Gasteiger partial charge >= 0.3 is 0 Å². The average Bonchev–Trinajstić information content (AvgIpc) is 2.60. The van der Waals surface area contributed by atoms with Crippen molar-refractivity contribution >= 4 is 17.0 Å². The van der Waals surface area contributed by atoms with Gasteiger partial charge in [-0.1, -0.05) is 0 Å². The number of aryl methyl sites for hydroxylation is 1. The second kappa shape index (κ2) is 4.31. The summed E-state index contributed by atoms with van der Waals surface area (Å²) in [4.78, 5) is 17.0. The topological polar surface area (TPSA) is 74.0 Å². The molecule has 2 aromatic heterocycles. The van der Waals surface area contributed by atoms with Crippen LogP contribution in [0.3, 0.4) is 0 Å². The van der Waals surface area contributed by atoms with Crippen LogP contribution >= 0.6 is 0 Å². The van der Waals surface area contributed by atoms with E-state index in [2.05, 4.69) is 15.4 Å². The summed E-state index contributed by atoms with van der Waals surface area (Å²) in [5.41, 5.74) is 0.701. The maximum atomic E-state index is 12.6. The highest BCUT2D eigenvalue weighted by Crippen LogP contribution is 2.18. The first-order valence-electron chi connectivity index (χ1n) is 6.67. The Morgan fingerprint density at radius 1 is 1.40 bits per heavy atom. The molecule has 0 aliphatic carbocycles. The average molecular weight is 277 g/mol. The number of ether oxygens (including phenoxy) is 1. The van der Waals surface area contributed by atoms with E-state index in [-0.39, 0.29) is 17.1 Å². The van der Waals surface area contributed by atoms with Crippen molar-refractivity contribution in [1.29, 1.82) is 0 Å². The number of hydrogen-bond acceptors (Lipinski definition) is 5. The summed E-state index contributed by atoms with van der Waals surface area (Å²) in [6.45, 7) is 7.21. The van der Waals surface area contributed by atoms with E-state index >= 15 is 0 Å². The largest absolute Gasteiger partial charge is 0.377 e. The number of nitrogens with one attached hydrogen (secondary N) is 1. The van der Waals surface area contributed by atoms with Gasteiger partial charge in [0.15, 0.2) is 0 Å². The maximum Gasteiger partial charge on any atom is 0.293 e.